The minimum Gasteiger partial charge on any atom is -0.312 e. The second kappa shape index (κ2) is 13.8. The van der Waals surface area contributed by atoms with E-state index in [-0.39, 0.29) is 0 Å². The second-order valence-electron chi connectivity index (χ2n) is 5.75. The van der Waals surface area contributed by atoms with Crippen LogP contribution in [0, 0.1) is 0 Å². The van der Waals surface area contributed by atoms with Gasteiger partial charge in [0, 0.05) is 13.1 Å². The van der Waals surface area contributed by atoms with Gasteiger partial charge < -0.3 is 4.89 Å². The fraction of sp³-hybridized carbons (Fsp3) is 1.00. The summed E-state index contributed by atoms with van der Waals surface area (Å²) in [4.78, 5) is 10.2. The minimum atomic E-state index is -3.60. The van der Waals surface area contributed by atoms with Gasteiger partial charge >= 0.3 is 7.75 Å². The Kier molecular flexibility index (Phi) is 13.8. The summed E-state index contributed by atoms with van der Waals surface area (Å²) in [6, 6.07) is 0. The highest BCUT2D eigenvalue weighted by Gasteiger charge is 2.28. The van der Waals surface area contributed by atoms with Gasteiger partial charge in [0.05, 0.1) is 6.61 Å². The monoisotopic (exact) mass is 321 g/mol. The van der Waals surface area contributed by atoms with Gasteiger partial charge in [-0.25, -0.2) is 9.24 Å². The predicted octanol–water partition coefficient (Wildman–Crippen LogP) is 5.37. The molecule has 0 radical (unpaired) electrons. The highest BCUT2D eigenvalue weighted by Crippen LogP contribution is 2.46. The van der Waals surface area contributed by atoms with Crippen molar-refractivity contribution < 1.29 is 14.0 Å². The van der Waals surface area contributed by atoms with Crippen LogP contribution in [-0.4, -0.2) is 29.3 Å². The van der Waals surface area contributed by atoms with Crippen LogP contribution in [0.2, 0.25) is 0 Å². The van der Waals surface area contributed by atoms with Crippen LogP contribution in [0.15, 0.2) is 0 Å². The highest BCUT2D eigenvalue weighted by molar-refractivity contribution is 7.50. The first-order valence-corrected chi connectivity index (χ1v) is 10.3. The van der Waals surface area contributed by atoms with Gasteiger partial charge in [-0.05, 0) is 19.3 Å². The van der Waals surface area contributed by atoms with E-state index in [1.807, 2.05) is 0 Å². The lowest BCUT2D eigenvalue weighted by molar-refractivity contribution is 0.194. The molecule has 1 atom stereocenters. The van der Waals surface area contributed by atoms with Gasteiger partial charge in [-0.15, -0.1) is 0 Å². The fourth-order valence-electron chi connectivity index (χ4n) is 2.25. The quantitative estimate of drug-likeness (QED) is 0.325. The van der Waals surface area contributed by atoms with E-state index < -0.39 is 7.75 Å². The molecular formula is C16H36NO3P. The van der Waals surface area contributed by atoms with Crippen LogP contribution in [0.3, 0.4) is 0 Å². The maximum atomic E-state index is 12.4. The topological polar surface area (TPSA) is 49.8 Å². The molecule has 0 heterocycles. The van der Waals surface area contributed by atoms with Gasteiger partial charge in [0.1, 0.15) is 0 Å². The molecule has 0 saturated heterocycles. The van der Waals surface area contributed by atoms with Crippen LogP contribution >= 0.6 is 7.75 Å². The van der Waals surface area contributed by atoms with Gasteiger partial charge in [-0.3, -0.25) is 4.52 Å². The first kappa shape index (κ1) is 21.1. The smallest absolute Gasteiger partial charge is 0.312 e. The molecule has 1 N–H and O–H groups in total. The molecule has 0 aliphatic heterocycles. The first-order valence-electron chi connectivity index (χ1n) is 8.81. The Morgan fingerprint density at radius 1 is 0.810 bits per heavy atom. The summed E-state index contributed by atoms with van der Waals surface area (Å²) in [5, 5.41) is 0. The zero-order valence-electron chi connectivity index (χ0n) is 14.4. The molecule has 0 aromatic carbocycles. The van der Waals surface area contributed by atoms with E-state index in [1.54, 1.807) is 4.67 Å². The maximum Gasteiger partial charge on any atom is 0.405 e. The van der Waals surface area contributed by atoms with Crippen molar-refractivity contribution in [3.63, 3.8) is 0 Å². The minimum absolute atomic E-state index is 0.395. The van der Waals surface area contributed by atoms with Crippen molar-refractivity contribution in [2.24, 2.45) is 0 Å². The molecule has 0 saturated carbocycles. The molecule has 0 aliphatic rings. The normalized spacial score (nSPS) is 14.5. The number of rotatable bonds is 15. The van der Waals surface area contributed by atoms with Crippen LogP contribution in [0.1, 0.15) is 85.0 Å². The summed E-state index contributed by atoms with van der Waals surface area (Å²) in [5.74, 6) is 0. The number of hydrogen-bond donors (Lipinski definition) is 1. The van der Waals surface area contributed by atoms with Crippen LogP contribution in [-0.2, 0) is 9.09 Å². The molecule has 1 unspecified atom stereocenters. The first-order chi connectivity index (χ1) is 10.1. The lowest BCUT2D eigenvalue weighted by Gasteiger charge is -2.26. The third-order valence-electron chi connectivity index (χ3n) is 3.65. The standard InChI is InChI=1S/C16H36NO3P/c1-4-7-10-13-16-20-21(18,19)17(14-11-8-5-2)15-12-9-6-3/h4-16H2,1-3H3,(H,18,19). The van der Waals surface area contributed by atoms with E-state index >= 15 is 0 Å². The molecular weight excluding hydrogens is 285 g/mol. The van der Waals surface area contributed by atoms with E-state index in [9.17, 15) is 9.46 Å². The van der Waals surface area contributed by atoms with Gasteiger partial charge in [-0.2, -0.15) is 0 Å². The van der Waals surface area contributed by atoms with Crippen LogP contribution in [0.5, 0.6) is 0 Å². The maximum absolute atomic E-state index is 12.4. The number of nitrogens with zero attached hydrogens (tertiary/aromatic N) is 1. The summed E-state index contributed by atoms with van der Waals surface area (Å²) < 4.78 is 19.4. The van der Waals surface area contributed by atoms with Crippen LogP contribution in [0.4, 0.5) is 0 Å². The van der Waals surface area contributed by atoms with Crippen molar-refractivity contribution in [3.8, 4) is 0 Å². The van der Waals surface area contributed by atoms with Crippen molar-refractivity contribution in [2.75, 3.05) is 19.7 Å². The van der Waals surface area contributed by atoms with Gasteiger partial charge in [0.25, 0.3) is 0 Å². The Hall–Kier alpha value is 0.110. The molecule has 0 amide bonds. The number of unbranched alkanes of at least 4 members (excludes halogenated alkanes) is 7. The largest absolute Gasteiger partial charge is 0.405 e. The van der Waals surface area contributed by atoms with Crippen molar-refractivity contribution in [1.82, 2.24) is 4.67 Å². The van der Waals surface area contributed by atoms with Gasteiger partial charge in [0.2, 0.25) is 0 Å². The Labute approximate surface area is 131 Å². The molecule has 0 aromatic heterocycles. The van der Waals surface area contributed by atoms with E-state index in [4.69, 9.17) is 4.52 Å². The van der Waals surface area contributed by atoms with E-state index in [0.29, 0.717) is 19.7 Å². The highest BCUT2D eigenvalue weighted by atomic mass is 31.2. The summed E-state index contributed by atoms with van der Waals surface area (Å²) in [5.41, 5.74) is 0. The molecule has 0 bridgehead atoms. The van der Waals surface area contributed by atoms with E-state index in [1.165, 1.54) is 0 Å². The zero-order chi connectivity index (χ0) is 16.0. The fourth-order valence-corrected chi connectivity index (χ4v) is 3.57. The number of hydrogen-bond acceptors (Lipinski definition) is 2. The molecule has 0 rings (SSSR count). The SMILES string of the molecule is CCCCCCOP(=O)(O)N(CCCCC)CCCCC. The molecule has 0 spiro atoms. The molecule has 5 heteroatoms. The Morgan fingerprint density at radius 2 is 1.29 bits per heavy atom. The van der Waals surface area contributed by atoms with Crippen LogP contribution < -0.4 is 0 Å². The third-order valence-corrected chi connectivity index (χ3v) is 5.29. The summed E-state index contributed by atoms with van der Waals surface area (Å²) in [6.07, 6.45) is 10.6. The predicted molar refractivity (Wildman–Crippen MR) is 90.5 cm³/mol. The summed E-state index contributed by atoms with van der Waals surface area (Å²) in [7, 11) is -3.60. The van der Waals surface area contributed by atoms with Crippen molar-refractivity contribution in [2.45, 2.75) is 85.0 Å². The lowest BCUT2D eigenvalue weighted by Crippen LogP contribution is -2.24. The Morgan fingerprint density at radius 3 is 1.76 bits per heavy atom. The van der Waals surface area contributed by atoms with Crippen molar-refractivity contribution in [1.29, 1.82) is 0 Å². The van der Waals surface area contributed by atoms with Crippen molar-refractivity contribution >= 4 is 7.75 Å². The molecule has 128 valence electrons. The Balaban J connectivity index is 4.21. The Bertz CT molecular complexity index is 264. The van der Waals surface area contributed by atoms with Gasteiger partial charge in [0.15, 0.2) is 0 Å². The van der Waals surface area contributed by atoms with Crippen molar-refractivity contribution in [3.05, 3.63) is 0 Å². The summed E-state index contributed by atoms with van der Waals surface area (Å²) >= 11 is 0. The molecule has 21 heavy (non-hydrogen) atoms. The average Bonchev–Trinajstić information content (AvgIpc) is 2.45. The molecule has 4 nitrogen and oxygen atoms in total. The molecule has 0 aromatic rings. The lowest BCUT2D eigenvalue weighted by atomic mass is 10.2. The van der Waals surface area contributed by atoms with E-state index in [0.717, 1.165) is 64.2 Å². The zero-order valence-corrected chi connectivity index (χ0v) is 15.2. The molecule has 0 aliphatic carbocycles. The second-order valence-corrected chi connectivity index (χ2v) is 7.56. The third kappa shape index (κ3) is 11.3. The van der Waals surface area contributed by atoms with E-state index in [2.05, 4.69) is 20.8 Å². The summed E-state index contributed by atoms with van der Waals surface area (Å²) in [6.45, 7) is 8.17. The van der Waals surface area contributed by atoms with Crippen LogP contribution in [0.25, 0.3) is 0 Å². The molecule has 0 fully saturated rings. The average molecular weight is 321 g/mol. The van der Waals surface area contributed by atoms with Gasteiger partial charge in [-0.1, -0.05) is 65.7 Å².